The van der Waals surface area contributed by atoms with Crippen molar-refractivity contribution in [3.63, 3.8) is 0 Å². The van der Waals surface area contributed by atoms with Crippen molar-refractivity contribution >= 4 is 37.4 Å². The molecule has 160 valence electrons. The standard InChI is InChI=1S/C21H16F3N3O2S2/c1-12-9-14(21(22,23)24)3-4-15(12)16-5-6-25-18-11-19(13(2)10-17(16)18)31(28,29)27-20-26-7-8-30-20/h3-11H,1-2H3,(H,26,27). The number of thiazole rings is 1. The molecule has 0 radical (unpaired) electrons. The van der Waals surface area contributed by atoms with Gasteiger partial charge < -0.3 is 0 Å². The maximum Gasteiger partial charge on any atom is 0.416 e. The van der Waals surface area contributed by atoms with E-state index < -0.39 is 21.8 Å². The van der Waals surface area contributed by atoms with Crippen molar-refractivity contribution in [2.75, 3.05) is 4.72 Å². The van der Waals surface area contributed by atoms with Crippen molar-refractivity contribution < 1.29 is 21.6 Å². The number of alkyl halides is 3. The maximum atomic E-state index is 13.0. The molecule has 0 spiro atoms. The van der Waals surface area contributed by atoms with Gasteiger partial charge in [0.2, 0.25) is 0 Å². The molecule has 1 N–H and O–H groups in total. The van der Waals surface area contributed by atoms with Crippen molar-refractivity contribution in [1.29, 1.82) is 0 Å². The minimum Gasteiger partial charge on any atom is -0.256 e. The average Bonchev–Trinajstić information content (AvgIpc) is 3.18. The lowest BCUT2D eigenvalue weighted by Crippen LogP contribution is -2.14. The molecule has 4 rings (SSSR count). The summed E-state index contributed by atoms with van der Waals surface area (Å²) in [6, 6.07) is 8.43. The molecule has 0 bridgehead atoms. The Balaban J connectivity index is 1.83. The van der Waals surface area contributed by atoms with Crippen LogP contribution in [0, 0.1) is 13.8 Å². The predicted molar refractivity (Wildman–Crippen MR) is 115 cm³/mol. The summed E-state index contributed by atoms with van der Waals surface area (Å²) in [5.41, 5.74) is 1.94. The van der Waals surface area contributed by atoms with Gasteiger partial charge in [-0.3, -0.25) is 9.71 Å². The van der Waals surface area contributed by atoms with Gasteiger partial charge in [-0.2, -0.15) is 13.2 Å². The number of anilines is 1. The average molecular weight is 464 g/mol. The van der Waals surface area contributed by atoms with Crippen LogP contribution in [0.25, 0.3) is 22.0 Å². The topological polar surface area (TPSA) is 72.0 Å². The summed E-state index contributed by atoms with van der Waals surface area (Å²) in [6.45, 7) is 3.27. The van der Waals surface area contributed by atoms with E-state index in [1.165, 1.54) is 24.5 Å². The minimum atomic E-state index is -4.42. The Kier molecular flexibility index (Phi) is 5.22. The van der Waals surface area contributed by atoms with E-state index in [-0.39, 0.29) is 10.0 Å². The third kappa shape index (κ3) is 4.13. The van der Waals surface area contributed by atoms with Gasteiger partial charge in [0.05, 0.1) is 16.0 Å². The number of rotatable bonds is 4. The molecule has 0 atom stereocenters. The highest BCUT2D eigenvalue weighted by Gasteiger charge is 2.30. The number of nitrogens with zero attached hydrogens (tertiary/aromatic N) is 2. The fraction of sp³-hybridized carbons (Fsp3) is 0.143. The molecule has 2 aromatic heterocycles. The first-order valence-electron chi connectivity index (χ1n) is 9.06. The van der Waals surface area contributed by atoms with E-state index in [1.54, 1.807) is 31.4 Å². The summed E-state index contributed by atoms with van der Waals surface area (Å²) in [4.78, 5) is 8.28. The van der Waals surface area contributed by atoms with Crippen LogP contribution in [-0.4, -0.2) is 18.4 Å². The summed E-state index contributed by atoms with van der Waals surface area (Å²) < 4.78 is 67.2. The largest absolute Gasteiger partial charge is 0.416 e. The first-order valence-corrected chi connectivity index (χ1v) is 11.4. The predicted octanol–water partition coefficient (Wildman–Crippen LogP) is 5.79. The van der Waals surface area contributed by atoms with Crippen LogP contribution < -0.4 is 4.72 Å². The van der Waals surface area contributed by atoms with Crippen LogP contribution in [0.3, 0.4) is 0 Å². The quantitative estimate of drug-likeness (QED) is 0.416. The van der Waals surface area contributed by atoms with Crippen LogP contribution in [-0.2, 0) is 16.2 Å². The Morgan fingerprint density at radius 2 is 1.71 bits per heavy atom. The SMILES string of the molecule is Cc1cc(C(F)(F)F)ccc1-c1ccnc2cc(S(=O)(=O)Nc3nccs3)c(C)cc12. The van der Waals surface area contributed by atoms with Gasteiger partial charge in [0.15, 0.2) is 5.13 Å². The molecule has 0 saturated heterocycles. The van der Waals surface area contributed by atoms with Crippen LogP contribution in [0.15, 0.2) is 59.1 Å². The van der Waals surface area contributed by atoms with Crippen LogP contribution >= 0.6 is 11.3 Å². The van der Waals surface area contributed by atoms with E-state index >= 15 is 0 Å². The number of aryl methyl sites for hydroxylation is 2. The molecule has 0 fully saturated rings. The maximum absolute atomic E-state index is 13.0. The van der Waals surface area contributed by atoms with E-state index in [4.69, 9.17) is 0 Å². The molecule has 0 aliphatic heterocycles. The van der Waals surface area contributed by atoms with Crippen LogP contribution in [0.1, 0.15) is 16.7 Å². The molecule has 2 aromatic carbocycles. The highest BCUT2D eigenvalue weighted by Crippen LogP contribution is 2.36. The zero-order valence-corrected chi connectivity index (χ0v) is 18.0. The van der Waals surface area contributed by atoms with E-state index in [0.717, 1.165) is 23.5 Å². The van der Waals surface area contributed by atoms with Crippen LogP contribution in [0.5, 0.6) is 0 Å². The number of fused-ring (bicyclic) bond motifs is 1. The lowest BCUT2D eigenvalue weighted by molar-refractivity contribution is -0.137. The molecule has 2 heterocycles. The first kappa shape index (κ1) is 21.3. The number of pyridine rings is 1. The summed E-state index contributed by atoms with van der Waals surface area (Å²) in [5.74, 6) is 0. The molecular weight excluding hydrogens is 447 g/mol. The molecule has 0 aliphatic rings. The zero-order valence-electron chi connectivity index (χ0n) is 16.4. The van der Waals surface area contributed by atoms with E-state index in [1.807, 2.05) is 0 Å². The smallest absolute Gasteiger partial charge is 0.256 e. The summed E-state index contributed by atoms with van der Waals surface area (Å²) >= 11 is 1.16. The lowest BCUT2D eigenvalue weighted by atomic mass is 9.95. The Morgan fingerprint density at radius 3 is 2.35 bits per heavy atom. The summed E-state index contributed by atoms with van der Waals surface area (Å²) in [5, 5.41) is 2.56. The van der Waals surface area contributed by atoms with Gasteiger partial charge in [0, 0.05) is 23.2 Å². The van der Waals surface area contributed by atoms with Crippen molar-refractivity contribution in [2.24, 2.45) is 0 Å². The normalized spacial score (nSPS) is 12.3. The Hall–Kier alpha value is -2.98. The molecule has 5 nitrogen and oxygen atoms in total. The van der Waals surface area contributed by atoms with Crippen molar-refractivity contribution in [1.82, 2.24) is 9.97 Å². The first-order chi connectivity index (χ1) is 14.6. The second-order valence-corrected chi connectivity index (χ2v) is 9.51. The van der Waals surface area contributed by atoms with E-state index in [0.29, 0.717) is 33.2 Å². The Bertz CT molecular complexity index is 1380. The third-order valence-electron chi connectivity index (χ3n) is 4.83. The highest BCUT2D eigenvalue weighted by molar-refractivity contribution is 7.93. The second-order valence-electron chi connectivity index (χ2n) is 6.96. The van der Waals surface area contributed by atoms with Crippen molar-refractivity contribution in [3.05, 3.63) is 70.9 Å². The van der Waals surface area contributed by atoms with E-state index in [9.17, 15) is 21.6 Å². The number of halogens is 3. The van der Waals surface area contributed by atoms with Gasteiger partial charge in [-0.15, -0.1) is 11.3 Å². The van der Waals surface area contributed by atoms with Gasteiger partial charge >= 0.3 is 6.18 Å². The zero-order chi connectivity index (χ0) is 22.4. The van der Waals surface area contributed by atoms with Gasteiger partial charge in [-0.25, -0.2) is 13.4 Å². The Labute approximate surface area is 180 Å². The van der Waals surface area contributed by atoms with Gasteiger partial charge in [0.1, 0.15) is 0 Å². The highest BCUT2D eigenvalue weighted by atomic mass is 32.2. The molecule has 0 saturated carbocycles. The fourth-order valence-electron chi connectivity index (χ4n) is 3.39. The number of aromatic nitrogens is 2. The van der Waals surface area contributed by atoms with Gasteiger partial charge in [-0.05, 0) is 66.4 Å². The van der Waals surface area contributed by atoms with Crippen LogP contribution in [0.2, 0.25) is 0 Å². The number of sulfonamides is 1. The van der Waals surface area contributed by atoms with Crippen molar-refractivity contribution in [2.45, 2.75) is 24.9 Å². The minimum absolute atomic E-state index is 0.0593. The third-order valence-corrected chi connectivity index (χ3v) is 7.12. The molecule has 31 heavy (non-hydrogen) atoms. The molecule has 4 aromatic rings. The lowest BCUT2D eigenvalue weighted by Gasteiger charge is -2.15. The second kappa shape index (κ2) is 7.61. The Morgan fingerprint density at radius 1 is 0.935 bits per heavy atom. The molecule has 0 aliphatic carbocycles. The number of hydrogen-bond donors (Lipinski definition) is 1. The van der Waals surface area contributed by atoms with Gasteiger partial charge in [0.25, 0.3) is 10.0 Å². The summed E-state index contributed by atoms with van der Waals surface area (Å²) in [7, 11) is -3.88. The van der Waals surface area contributed by atoms with Crippen LogP contribution in [0.4, 0.5) is 18.3 Å². The van der Waals surface area contributed by atoms with Gasteiger partial charge in [-0.1, -0.05) is 6.07 Å². The summed E-state index contributed by atoms with van der Waals surface area (Å²) in [6.07, 6.45) is -1.42. The molecule has 0 unspecified atom stereocenters. The number of nitrogens with one attached hydrogen (secondary N) is 1. The fourth-order valence-corrected chi connectivity index (χ4v) is 5.43. The number of benzene rings is 2. The molecule has 10 heteroatoms. The molecular formula is C21H16F3N3O2S2. The number of hydrogen-bond acceptors (Lipinski definition) is 5. The van der Waals surface area contributed by atoms with E-state index in [2.05, 4.69) is 14.7 Å². The van der Waals surface area contributed by atoms with Crippen molar-refractivity contribution in [3.8, 4) is 11.1 Å². The molecule has 0 amide bonds. The monoisotopic (exact) mass is 463 g/mol.